The van der Waals surface area contributed by atoms with Gasteiger partial charge in [-0.1, -0.05) is 24.4 Å². The fourth-order valence-corrected chi connectivity index (χ4v) is 2.60. The van der Waals surface area contributed by atoms with Crippen LogP contribution in [-0.2, 0) is 0 Å². The van der Waals surface area contributed by atoms with E-state index in [9.17, 15) is 9.90 Å². The van der Waals surface area contributed by atoms with E-state index in [0.717, 1.165) is 25.7 Å². The van der Waals surface area contributed by atoms with Gasteiger partial charge in [0.1, 0.15) is 0 Å². The number of amides is 1. The van der Waals surface area contributed by atoms with Gasteiger partial charge in [0.05, 0.1) is 0 Å². The first-order valence-electron chi connectivity index (χ1n) is 6.38. The molecule has 4 heteroatoms. The van der Waals surface area contributed by atoms with Gasteiger partial charge in [0, 0.05) is 29.2 Å². The standard InChI is InChI=1S/C14H18ClNO2/c15-12-7-5-10(6-8-12)14(18)16-13-4-2-1-3-11(13)9-17/h5-8,11,13,17H,1-4,9H2,(H,16,18). The van der Waals surface area contributed by atoms with Crippen molar-refractivity contribution in [2.45, 2.75) is 31.7 Å². The Kier molecular flexibility index (Phi) is 4.61. The fraction of sp³-hybridized carbons (Fsp3) is 0.500. The van der Waals surface area contributed by atoms with Crippen molar-refractivity contribution in [1.82, 2.24) is 5.32 Å². The summed E-state index contributed by atoms with van der Waals surface area (Å²) >= 11 is 5.79. The maximum absolute atomic E-state index is 12.0. The predicted molar refractivity (Wildman–Crippen MR) is 71.8 cm³/mol. The lowest BCUT2D eigenvalue weighted by atomic mass is 9.85. The third-order valence-electron chi connectivity index (χ3n) is 3.57. The van der Waals surface area contributed by atoms with Gasteiger partial charge in [-0.05, 0) is 37.1 Å². The number of halogens is 1. The Morgan fingerprint density at radius 1 is 1.28 bits per heavy atom. The molecule has 18 heavy (non-hydrogen) atoms. The zero-order chi connectivity index (χ0) is 13.0. The van der Waals surface area contributed by atoms with Gasteiger partial charge >= 0.3 is 0 Å². The summed E-state index contributed by atoms with van der Waals surface area (Å²) in [4.78, 5) is 12.0. The number of nitrogens with one attached hydrogen (secondary N) is 1. The minimum absolute atomic E-state index is 0.0861. The average Bonchev–Trinajstić information content (AvgIpc) is 2.40. The molecule has 0 bridgehead atoms. The summed E-state index contributed by atoms with van der Waals surface area (Å²) in [6, 6.07) is 6.94. The first-order valence-corrected chi connectivity index (χ1v) is 6.76. The molecule has 0 spiro atoms. The Morgan fingerprint density at radius 2 is 1.94 bits per heavy atom. The van der Waals surface area contributed by atoms with Crippen molar-refractivity contribution in [3.05, 3.63) is 34.9 Å². The third-order valence-corrected chi connectivity index (χ3v) is 3.82. The van der Waals surface area contributed by atoms with Crippen LogP contribution >= 0.6 is 11.6 Å². The van der Waals surface area contributed by atoms with Crippen LogP contribution in [0.2, 0.25) is 5.02 Å². The summed E-state index contributed by atoms with van der Waals surface area (Å²) in [5.41, 5.74) is 0.613. The molecule has 1 aliphatic carbocycles. The second kappa shape index (κ2) is 6.21. The van der Waals surface area contributed by atoms with E-state index in [-0.39, 0.29) is 24.5 Å². The van der Waals surface area contributed by atoms with E-state index in [0.29, 0.717) is 10.6 Å². The lowest BCUT2D eigenvalue weighted by molar-refractivity contribution is 0.0872. The summed E-state index contributed by atoms with van der Waals surface area (Å²) in [6.45, 7) is 0.144. The maximum Gasteiger partial charge on any atom is 0.251 e. The van der Waals surface area contributed by atoms with Crippen molar-refractivity contribution in [3.63, 3.8) is 0 Å². The smallest absolute Gasteiger partial charge is 0.251 e. The molecular formula is C14H18ClNO2. The molecule has 0 saturated heterocycles. The van der Waals surface area contributed by atoms with Crippen LogP contribution in [0.5, 0.6) is 0 Å². The topological polar surface area (TPSA) is 49.3 Å². The second-order valence-corrected chi connectivity index (χ2v) is 5.25. The van der Waals surface area contributed by atoms with Crippen LogP contribution in [0.1, 0.15) is 36.0 Å². The molecule has 2 rings (SSSR count). The summed E-state index contributed by atoms with van der Waals surface area (Å²) in [7, 11) is 0. The highest BCUT2D eigenvalue weighted by Gasteiger charge is 2.25. The molecule has 1 amide bonds. The summed E-state index contributed by atoms with van der Waals surface area (Å²) in [6.07, 6.45) is 4.19. The number of aliphatic hydroxyl groups is 1. The normalized spacial score (nSPS) is 23.7. The molecule has 0 aromatic heterocycles. The zero-order valence-corrected chi connectivity index (χ0v) is 11.0. The van der Waals surface area contributed by atoms with Gasteiger partial charge in [0.2, 0.25) is 0 Å². The van der Waals surface area contributed by atoms with Crippen molar-refractivity contribution in [3.8, 4) is 0 Å². The number of rotatable bonds is 3. The van der Waals surface area contributed by atoms with Crippen molar-refractivity contribution in [1.29, 1.82) is 0 Å². The number of hydrogen-bond acceptors (Lipinski definition) is 2. The Balaban J connectivity index is 1.99. The zero-order valence-electron chi connectivity index (χ0n) is 10.2. The van der Waals surface area contributed by atoms with Gasteiger partial charge in [-0.25, -0.2) is 0 Å². The lowest BCUT2D eigenvalue weighted by Crippen LogP contribution is -2.43. The van der Waals surface area contributed by atoms with Gasteiger partial charge in [0.15, 0.2) is 0 Å². The van der Waals surface area contributed by atoms with Gasteiger partial charge in [-0.15, -0.1) is 0 Å². The summed E-state index contributed by atoms with van der Waals surface area (Å²) in [5, 5.41) is 12.9. The van der Waals surface area contributed by atoms with Crippen molar-refractivity contribution in [2.24, 2.45) is 5.92 Å². The molecule has 1 aliphatic rings. The lowest BCUT2D eigenvalue weighted by Gasteiger charge is -2.30. The molecule has 2 atom stereocenters. The Labute approximate surface area is 112 Å². The van der Waals surface area contributed by atoms with Crippen molar-refractivity contribution < 1.29 is 9.90 Å². The molecule has 2 unspecified atom stereocenters. The van der Waals surface area contributed by atoms with Crippen molar-refractivity contribution >= 4 is 17.5 Å². The average molecular weight is 268 g/mol. The van der Waals surface area contributed by atoms with E-state index >= 15 is 0 Å². The van der Waals surface area contributed by atoms with Crippen LogP contribution in [0.4, 0.5) is 0 Å². The van der Waals surface area contributed by atoms with Gasteiger partial charge in [0.25, 0.3) is 5.91 Å². The van der Waals surface area contributed by atoms with E-state index in [1.165, 1.54) is 0 Å². The highest BCUT2D eigenvalue weighted by molar-refractivity contribution is 6.30. The molecule has 3 nitrogen and oxygen atoms in total. The summed E-state index contributed by atoms with van der Waals surface area (Å²) in [5.74, 6) is 0.104. The van der Waals surface area contributed by atoms with Crippen molar-refractivity contribution in [2.75, 3.05) is 6.61 Å². The van der Waals surface area contributed by atoms with Crippen LogP contribution in [-0.4, -0.2) is 23.7 Å². The number of carbonyl (C=O) groups excluding carboxylic acids is 1. The fourth-order valence-electron chi connectivity index (χ4n) is 2.47. The molecule has 2 N–H and O–H groups in total. The van der Waals surface area contributed by atoms with Crippen LogP contribution in [0.3, 0.4) is 0 Å². The second-order valence-electron chi connectivity index (χ2n) is 4.81. The minimum Gasteiger partial charge on any atom is -0.396 e. The first-order chi connectivity index (χ1) is 8.70. The molecule has 0 radical (unpaired) electrons. The highest BCUT2D eigenvalue weighted by atomic mass is 35.5. The largest absolute Gasteiger partial charge is 0.396 e. The van der Waals surface area contributed by atoms with E-state index < -0.39 is 0 Å². The number of carbonyl (C=O) groups is 1. The molecule has 0 aliphatic heterocycles. The van der Waals surface area contributed by atoms with Crippen LogP contribution in [0.15, 0.2) is 24.3 Å². The Morgan fingerprint density at radius 3 is 2.61 bits per heavy atom. The quantitative estimate of drug-likeness (QED) is 0.885. The van der Waals surface area contributed by atoms with Crippen LogP contribution < -0.4 is 5.32 Å². The van der Waals surface area contributed by atoms with Gasteiger partial charge in [-0.2, -0.15) is 0 Å². The molecule has 1 fully saturated rings. The van der Waals surface area contributed by atoms with Gasteiger partial charge in [-0.3, -0.25) is 4.79 Å². The van der Waals surface area contributed by atoms with E-state index in [1.54, 1.807) is 24.3 Å². The third kappa shape index (κ3) is 3.24. The maximum atomic E-state index is 12.0. The molecule has 1 aromatic rings. The van der Waals surface area contributed by atoms with Gasteiger partial charge < -0.3 is 10.4 Å². The number of benzene rings is 1. The van der Waals surface area contributed by atoms with E-state index in [4.69, 9.17) is 11.6 Å². The Bertz CT molecular complexity index is 405. The van der Waals surface area contributed by atoms with Crippen LogP contribution in [0.25, 0.3) is 0 Å². The minimum atomic E-state index is -0.0861. The molecule has 98 valence electrons. The number of aliphatic hydroxyl groups excluding tert-OH is 1. The Hall–Kier alpha value is -1.06. The molecular weight excluding hydrogens is 250 g/mol. The first kappa shape index (κ1) is 13.4. The monoisotopic (exact) mass is 267 g/mol. The van der Waals surface area contributed by atoms with E-state index in [1.807, 2.05) is 0 Å². The van der Waals surface area contributed by atoms with E-state index in [2.05, 4.69) is 5.32 Å². The predicted octanol–water partition coefficient (Wildman–Crippen LogP) is 2.62. The summed E-state index contributed by atoms with van der Waals surface area (Å²) < 4.78 is 0. The highest BCUT2D eigenvalue weighted by Crippen LogP contribution is 2.24. The molecule has 1 saturated carbocycles. The number of hydrogen-bond donors (Lipinski definition) is 2. The molecule has 0 heterocycles. The SMILES string of the molecule is O=C(NC1CCCCC1CO)c1ccc(Cl)cc1. The molecule has 1 aromatic carbocycles. The van der Waals surface area contributed by atoms with Crippen LogP contribution in [0, 0.1) is 5.92 Å².